The van der Waals surface area contributed by atoms with E-state index < -0.39 is 5.97 Å². The number of hydrogen-bond acceptors (Lipinski definition) is 3. The van der Waals surface area contributed by atoms with Gasteiger partial charge in [-0.3, -0.25) is 4.99 Å². The third-order valence-electron chi connectivity index (χ3n) is 2.48. The number of carboxylic acids is 1. The van der Waals surface area contributed by atoms with Crippen LogP contribution in [0.1, 0.15) is 10.4 Å². The summed E-state index contributed by atoms with van der Waals surface area (Å²) < 4.78 is 0. The van der Waals surface area contributed by atoms with E-state index in [9.17, 15) is 4.79 Å². The fraction of sp³-hybridized carbons (Fsp3) is 0.167. The molecule has 1 heterocycles. The lowest BCUT2D eigenvalue weighted by atomic mass is 10.1. The van der Waals surface area contributed by atoms with Gasteiger partial charge in [0.15, 0.2) is 0 Å². The Morgan fingerprint density at radius 3 is 2.94 bits per heavy atom. The summed E-state index contributed by atoms with van der Waals surface area (Å²) in [6.07, 6.45) is 1.64. The van der Waals surface area contributed by atoms with Gasteiger partial charge in [-0.25, -0.2) is 4.79 Å². The highest BCUT2D eigenvalue weighted by molar-refractivity contribution is 6.09. The predicted octanol–water partition coefficient (Wildman–Crippen LogP) is 1.79. The van der Waals surface area contributed by atoms with Crippen LogP contribution in [0.25, 0.3) is 0 Å². The summed E-state index contributed by atoms with van der Waals surface area (Å²) in [6, 6.07) is 6.92. The number of anilines is 1. The van der Waals surface area contributed by atoms with Crippen LogP contribution < -0.4 is 4.90 Å². The molecule has 0 bridgehead atoms. The topological polar surface area (TPSA) is 52.9 Å². The Morgan fingerprint density at radius 1 is 1.50 bits per heavy atom. The van der Waals surface area contributed by atoms with E-state index in [1.54, 1.807) is 24.3 Å². The smallest absolute Gasteiger partial charge is 0.337 e. The lowest BCUT2D eigenvalue weighted by Gasteiger charge is -2.20. The van der Waals surface area contributed by atoms with Gasteiger partial charge in [0.05, 0.1) is 17.8 Å². The molecule has 0 aromatic heterocycles. The molecule has 4 nitrogen and oxygen atoms in total. The summed E-state index contributed by atoms with van der Waals surface area (Å²) in [5.41, 5.74) is 0.963. The number of carbonyl (C=O) groups is 1. The van der Waals surface area contributed by atoms with Crippen molar-refractivity contribution in [3.63, 3.8) is 0 Å². The predicted molar refractivity (Wildman–Crippen MR) is 63.2 cm³/mol. The fourth-order valence-corrected chi connectivity index (χ4v) is 1.77. The average Bonchev–Trinajstić information content (AvgIpc) is 2.76. The van der Waals surface area contributed by atoms with Crippen molar-refractivity contribution in [1.29, 1.82) is 0 Å². The molecule has 1 aromatic rings. The van der Waals surface area contributed by atoms with Crippen LogP contribution in [0.5, 0.6) is 0 Å². The maximum Gasteiger partial charge on any atom is 0.337 e. The highest BCUT2D eigenvalue weighted by Crippen LogP contribution is 2.23. The fourth-order valence-electron chi connectivity index (χ4n) is 1.77. The molecule has 4 heteroatoms. The number of hydrogen-bond donors (Lipinski definition) is 1. The molecule has 1 N–H and O–H groups in total. The van der Waals surface area contributed by atoms with Crippen LogP contribution in [0.15, 0.2) is 41.9 Å². The highest BCUT2D eigenvalue weighted by Gasteiger charge is 2.20. The molecule has 82 valence electrons. The Morgan fingerprint density at radius 2 is 2.25 bits per heavy atom. The normalized spacial score (nSPS) is 14.8. The Balaban J connectivity index is 2.44. The number of amidine groups is 1. The molecule has 1 aliphatic rings. The van der Waals surface area contributed by atoms with Gasteiger partial charge in [-0.15, -0.1) is 0 Å². The monoisotopic (exact) mass is 216 g/mol. The lowest BCUT2D eigenvalue weighted by molar-refractivity contribution is 0.0697. The van der Waals surface area contributed by atoms with E-state index in [1.165, 1.54) is 0 Å². The molecule has 0 amide bonds. The zero-order valence-electron chi connectivity index (χ0n) is 8.76. The summed E-state index contributed by atoms with van der Waals surface area (Å²) >= 11 is 0. The van der Waals surface area contributed by atoms with Crippen LogP contribution in [0, 0.1) is 0 Å². The Hall–Kier alpha value is -2.10. The molecule has 0 radical (unpaired) electrons. The summed E-state index contributed by atoms with van der Waals surface area (Å²) in [4.78, 5) is 17.2. The second kappa shape index (κ2) is 4.18. The minimum Gasteiger partial charge on any atom is -0.478 e. The van der Waals surface area contributed by atoms with Crippen LogP contribution in [0.2, 0.25) is 0 Å². The van der Waals surface area contributed by atoms with Gasteiger partial charge < -0.3 is 10.0 Å². The molecule has 1 aliphatic heterocycles. The zero-order chi connectivity index (χ0) is 11.5. The van der Waals surface area contributed by atoms with Gasteiger partial charge in [0.1, 0.15) is 5.84 Å². The third-order valence-corrected chi connectivity index (χ3v) is 2.48. The van der Waals surface area contributed by atoms with Gasteiger partial charge in [-0.1, -0.05) is 18.7 Å². The van der Waals surface area contributed by atoms with Crippen molar-refractivity contribution in [2.45, 2.75) is 0 Å². The summed E-state index contributed by atoms with van der Waals surface area (Å²) in [5.74, 6) is -0.195. The van der Waals surface area contributed by atoms with E-state index in [4.69, 9.17) is 5.11 Å². The first-order valence-electron chi connectivity index (χ1n) is 5.01. The minimum absolute atomic E-state index is 0.291. The maximum atomic E-state index is 11.1. The Kier molecular flexibility index (Phi) is 2.72. The van der Waals surface area contributed by atoms with Gasteiger partial charge in [0.25, 0.3) is 0 Å². The molecular weight excluding hydrogens is 204 g/mol. The quantitative estimate of drug-likeness (QED) is 0.838. The Bertz CT molecular complexity index is 466. The lowest BCUT2D eigenvalue weighted by Crippen LogP contribution is -2.27. The zero-order valence-corrected chi connectivity index (χ0v) is 8.76. The van der Waals surface area contributed by atoms with E-state index in [1.807, 2.05) is 11.0 Å². The first kappa shape index (κ1) is 10.4. The third kappa shape index (κ3) is 1.69. The van der Waals surface area contributed by atoms with E-state index >= 15 is 0 Å². The van der Waals surface area contributed by atoms with Crippen LogP contribution in [0.3, 0.4) is 0 Å². The number of carboxylic acid groups (broad SMARTS) is 1. The maximum absolute atomic E-state index is 11.1. The number of rotatable bonds is 3. The van der Waals surface area contributed by atoms with Crippen LogP contribution in [-0.4, -0.2) is 30.0 Å². The molecule has 16 heavy (non-hydrogen) atoms. The van der Waals surface area contributed by atoms with Gasteiger partial charge in [-0.05, 0) is 18.2 Å². The van der Waals surface area contributed by atoms with E-state index in [0.29, 0.717) is 24.3 Å². The van der Waals surface area contributed by atoms with Crippen molar-refractivity contribution in [3.05, 3.63) is 42.5 Å². The first-order valence-corrected chi connectivity index (χ1v) is 5.01. The molecule has 0 aliphatic carbocycles. The van der Waals surface area contributed by atoms with Crippen LogP contribution >= 0.6 is 0 Å². The van der Waals surface area contributed by atoms with E-state index in [2.05, 4.69) is 11.6 Å². The largest absolute Gasteiger partial charge is 0.478 e. The molecule has 0 unspecified atom stereocenters. The Labute approximate surface area is 93.5 Å². The SMILES string of the molecule is C=CC1=NCCN1c1ccccc1C(=O)O. The van der Waals surface area contributed by atoms with Crippen molar-refractivity contribution in [1.82, 2.24) is 0 Å². The van der Waals surface area contributed by atoms with Crippen molar-refractivity contribution in [3.8, 4) is 0 Å². The molecule has 0 saturated heterocycles. The molecule has 0 atom stereocenters. The van der Waals surface area contributed by atoms with E-state index in [-0.39, 0.29) is 0 Å². The number of para-hydroxylation sites is 1. The van der Waals surface area contributed by atoms with Gasteiger partial charge in [0, 0.05) is 6.54 Å². The summed E-state index contributed by atoms with van der Waals surface area (Å²) in [5, 5.41) is 9.09. The number of aliphatic imine (C=N–C) groups is 1. The van der Waals surface area contributed by atoms with Crippen LogP contribution in [0.4, 0.5) is 5.69 Å². The number of aromatic carboxylic acids is 1. The second-order valence-electron chi connectivity index (χ2n) is 3.42. The second-order valence-corrected chi connectivity index (χ2v) is 3.42. The van der Waals surface area contributed by atoms with Crippen molar-refractivity contribution in [2.75, 3.05) is 18.0 Å². The number of nitrogens with zero attached hydrogens (tertiary/aromatic N) is 2. The van der Waals surface area contributed by atoms with Crippen molar-refractivity contribution in [2.24, 2.45) is 4.99 Å². The molecule has 0 saturated carbocycles. The molecule has 0 spiro atoms. The van der Waals surface area contributed by atoms with Gasteiger partial charge in [-0.2, -0.15) is 0 Å². The van der Waals surface area contributed by atoms with Crippen LogP contribution in [-0.2, 0) is 0 Å². The van der Waals surface area contributed by atoms with Crippen molar-refractivity contribution >= 4 is 17.5 Å². The number of benzene rings is 1. The molecule has 2 rings (SSSR count). The first-order chi connectivity index (χ1) is 7.74. The standard InChI is InChI=1S/C12H12N2O2/c1-2-11-13-7-8-14(11)10-6-4-3-5-9(10)12(15)16/h2-6H,1,7-8H2,(H,15,16). The highest BCUT2D eigenvalue weighted by atomic mass is 16.4. The summed E-state index contributed by atoms with van der Waals surface area (Å²) in [7, 11) is 0. The van der Waals surface area contributed by atoms with E-state index in [0.717, 1.165) is 5.84 Å². The average molecular weight is 216 g/mol. The van der Waals surface area contributed by atoms with Gasteiger partial charge in [0.2, 0.25) is 0 Å². The molecule has 1 aromatic carbocycles. The van der Waals surface area contributed by atoms with Crippen molar-refractivity contribution < 1.29 is 9.90 Å². The molecule has 0 fully saturated rings. The summed E-state index contributed by atoms with van der Waals surface area (Å²) in [6.45, 7) is 5.05. The minimum atomic E-state index is -0.925. The van der Waals surface area contributed by atoms with Gasteiger partial charge >= 0.3 is 5.97 Å². The molecular formula is C12H12N2O2.